The summed E-state index contributed by atoms with van der Waals surface area (Å²) in [5.74, 6) is -0.149. The fraction of sp³-hybridized carbons (Fsp3) is 0.429. The molecule has 1 aromatic rings. The third-order valence-corrected chi connectivity index (χ3v) is 3.06. The highest BCUT2D eigenvalue weighted by atomic mass is 19.1. The molecule has 100 valence electrons. The van der Waals surface area contributed by atoms with Crippen LogP contribution >= 0.6 is 0 Å². The second kappa shape index (κ2) is 6.30. The molecule has 0 spiro atoms. The molecule has 1 aliphatic rings. The van der Waals surface area contributed by atoms with Crippen LogP contribution in [-0.4, -0.2) is 19.0 Å². The first-order valence-electron chi connectivity index (χ1n) is 6.38. The summed E-state index contributed by atoms with van der Waals surface area (Å²) in [5, 5.41) is 14.6. The number of carbonyl (C=O) groups is 1. The van der Waals surface area contributed by atoms with Gasteiger partial charge in [-0.25, -0.2) is 4.39 Å². The molecule has 1 saturated carbocycles. The number of amides is 1. The van der Waals surface area contributed by atoms with E-state index >= 15 is 0 Å². The minimum atomic E-state index is -0.473. The van der Waals surface area contributed by atoms with Crippen LogP contribution in [0.2, 0.25) is 0 Å². The number of hydrogen-bond acceptors (Lipinski definition) is 3. The van der Waals surface area contributed by atoms with Crippen LogP contribution < -0.4 is 10.6 Å². The molecule has 19 heavy (non-hydrogen) atoms. The van der Waals surface area contributed by atoms with Gasteiger partial charge in [-0.1, -0.05) is 12.1 Å². The molecule has 1 amide bonds. The van der Waals surface area contributed by atoms with Gasteiger partial charge in [-0.15, -0.1) is 0 Å². The summed E-state index contributed by atoms with van der Waals surface area (Å²) in [6, 6.07) is 6.57. The molecule has 2 N–H and O–H groups in total. The Morgan fingerprint density at radius 1 is 1.42 bits per heavy atom. The monoisotopic (exact) mass is 261 g/mol. The third kappa shape index (κ3) is 3.76. The molecule has 4 nitrogen and oxygen atoms in total. The van der Waals surface area contributed by atoms with E-state index in [2.05, 4.69) is 10.6 Å². The van der Waals surface area contributed by atoms with Crippen molar-refractivity contribution in [3.05, 3.63) is 35.1 Å². The Labute approximate surface area is 111 Å². The fourth-order valence-corrected chi connectivity index (χ4v) is 1.79. The van der Waals surface area contributed by atoms with Crippen LogP contribution in [0.25, 0.3) is 0 Å². The normalized spacial score (nSPS) is 13.9. The average molecular weight is 261 g/mol. The van der Waals surface area contributed by atoms with Gasteiger partial charge in [-0.2, -0.15) is 5.26 Å². The van der Waals surface area contributed by atoms with E-state index in [0.717, 1.165) is 12.8 Å². The third-order valence-electron chi connectivity index (χ3n) is 3.06. The summed E-state index contributed by atoms with van der Waals surface area (Å²) in [5.41, 5.74) is 0.522. The summed E-state index contributed by atoms with van der Waals surface area (Å²) in [6.45, 7) is 1.46. The van der Waals surface area contributed by atoms with Gasteiger partial charge in [0.05, 0.1) is 5.56 Å². The van der Waals surface area contributed by atoms with Crippen molar-refractivity contribution in [3.63, 3.8) is 0 Å². The van der Waals surface area contributed by atoms with Crippen molar-refractivity contribution in [1.82, 2.24) is 10.6 Å². The molecule has 5 heteroatoms. The van der Waals surface area contributed by atoms with Crippen molar-refractivity contribution in [2.75, 3.05) is 13.1 Å². The van der Waals surface area contributed by atoms with Crippen molar-refractivity contribution in [3.8, 4) is 6.07 Å². The minimum Gasteiger partial charge on any atom is -0.355 e. The summed E-state index contributed by atoms with van der Waals surface area (Å²) in [6.07, 6.45) is 1.98. The van der Waals surface area contributed by atoms with Crippen LogP contribution in [0.5, 0.6) is 0 Å². The van der Waals surface area contributed by atoms with Crippen LogP contribution in [0.1, 0.15) is 24.0 Å². The number of benzene rings is 1. The average Bonchev–Trinajstić information content (AvgIpc) is 3.24. The first-order chi connectivity index (χ1) is 9.22. The van der Waals surface area contributed by atoms with Gasteiger partial charge in [-0.3, -0.25) is 4.79 Å². The largest absolute Gasteiger partial charge is 0.355 e. The Balaban J connectivity index is 1.70. The predicted molar refractivity (Wildman–Crippen MR) is 68.6 cm³/mol. The molecular formula is C14H16FN3O. The van der Waals surface area contributed by atoms with Crippen molar-refractivity contribution < 1.29 is 9.18 Å². The van der Waals surface area contributed by atoms with Gasteiger partial charge in [-0.05, 0) is 18.9 Å². The van der Waals surface area contributed by atoms with E-state index in [4.69, 9.17) is 5.26 Å². The van der Waals surface area contributed by atoms with Gasteiger partial charge >= 0.3 is 0 Å². The Hall–Kier alpha value is -1.93. The highest BCUT2D eigenvalue weighted by Crippen LogP contribution is 2.28. The first kappa shape index (κ1) is 13.5. The minimum absolute atomic E-state index is 0.0568. The van der Waals surface area contributed by atoms with Gasteiger partial charge in [0.25, 0.3) is 0 Å². The lowest BCUT2D eigenvalue weighted by molar-refractivity contribution is -0.122. The summed E-state index contributed by atoms with van der Waals surface area (Å²) < 4.78 is 13.7. The SMILES string of the molecule is N#Cc1cccc(CNCCNC(=O)C2CC2)c1F. The predicted octanol–water partition coefficient (Wildman–Crippen LogP) is 1.31. The van der Waals surface area contributed by atoms with E-state index in [0.29, 0.717) is 25.2 Å². The lowest BCUT2D eigenvalue weighted by atomic mass is 10.1. The highest BCUT2D eigenvalue weighted by molar-refractivity contribution is 5.80. The zero-order valence-corrected chi connectivity index (χ0v) is 10.6. The second-order valence-electron chi connectivity index (χ2n) is 4.63. The van der Waals surface area contributed by atoms with E-state index in [1.807, 2.05) is 6.07 Å². The maximum atomic E-state index is 13.7. The highest BCUT2D eigenvalue weighted by Gasteiger charge is 2.28. The first-order valence-corrected chi connectivity index (χ1v) is 6.38. The second-order valence-corrected chi connectivity index (χ2v) is 4.63. The van der Waals surface area contributed by atoms with Crippen molar-refractivity contribution in [1.29, 1.82) is 5.26 Å². The van der Waals surface area contributed by atoms with Crippen LogP contribution in [-0.2, 0) is 11.3 Å². The molecule has 0 atom stereocenters. The summed E-state index contributed by atoms with van der Waals surface area (Å²) in [7, 11) is 0. The summed E-state index contributed by atoms with van der Waals surface area (Å²) in [4.78, 5) is 11.3. The smallest absolute Gasteiger partial charge is 0.223 e. The summed E-state index contributed by atoms with van der Waals surface area (Å²) >= 11 is 0. The number of nitrogens with zero attached hydrogens (tertiary/aromatic N) is 1. The number of hydrogen-bond donors (Lipinski definition) is 2. The van der Waals surface area contributed by atoms with Gasteiger partial charge in [0.15, 0.2) is 0 Å². The van der Waals surface area contributed by atoms with Gasteiger partial charge in [0.2, 0.25) is 5.91 Å². The zero-order chi connectivity index (χ0) is 13.7. The molecule has 0 saturated heterocycles. The Morgan fingerprint density at radius 2 is 2.21 bits per heavy atom. The topological polar surface area (TPSA) is 64.9 Å². The van der Waals surface area contributed by atoms with Crippen LogP contribution in [0.3, 0.4) is 0 Å². The van der Waals surface area contributed by atoms with E-state index < -0.39 is 5.82 Å². The molecule has 1 aromatic carbocycles. The van der Waals surface area contributed by atoms with E-state index in [1.165, 1.54) is 6.07 Å². The Bertz CT molecular complexity index is 506. The number of nitrogens with one attached hydrogen (secondary N) is 2. The van der Waals surface area contributed by atoms with Crippen LogP contribution in [0.4, 0.5) is 4.39 Å². The zero-order valence-electron chi connectivity index (χ0n) is 10.6. The number of rotatable bonds is 6. The maximum absolute atomic E-state index is 13.7. The molecule has 0 radical (unpaired) electrons. The molecule has 0 unspecified atom stereocenters. The number of nitriles is 1. The van der Waals surface area contributed by atoms with E-state index in [1.54, 1.807) is 12.1 Å². The fourth-order valence-electron chi connectivity index (χ4n) is 1.79. The quantitative estimate of drug-likeness (QED) is 0.759. The molecule has 0 bridgehead atoms. The lowest BCUT2D eigenvalue weighted by Crippen LogP contribution is -2.32. The molecule has 0 aliphatic heterocycles. The number of halogens is 1. The maximum Gasteiger partial charge on any atom is 0.223 e. The molecule has 2 rings (SSSR count). The van der Waals surface area contributed by atoms with Gasteiger partial charge in [0.1, 0.15) is 11.9 Å². The lowest BCUT2D eigenvalue weighted by Gasteiger charge is -2.07. The molecule has 0 aromatic heterocycles. The van der Waals surface area contributed by atoms with Crippen LogP contribution in [0.15, 0.2) is 18.2 Å². The Kier molecular flexibility index (Phi) is 4.48. The van der Waals surface area contributed by atoms with Crippen LogP contribution in [0, 0.1) is 23.1 Å². The van der Waals surface area contributed by atoms with Gasteiger partial charge < -0.3 is 10.6 Å². The molecule has 1 fully saturated rings. The molecule has 1 aliphatic carbocycles. The van der Waals surface area contributed by atoms with Crippen molar-refractivity contribution in [2.24, 2.45) is 5.92 Å². The number of carbonyl (C=O) groups excluding carboxylic acids is 1. The van der Waals surface area contributed by atoms with E-state index in [-0.39, 0.29) is 17.4 Å². The van der Waals surface area contributed by atoms with Crippen molar-refractivity contribution in [2.45, 2.75) is 19.4 Å². The standard InChI is InChI=1S/C14H16FN3O/c15-13-11(8-16)2-1-3-12(13)9-17-6-7-18-14(19)10-4-5-10/h1-3,10,17H,4-7,9H2,(H,18,19). The Morgan fingerprint density at radius 3 is 2.89 bits per heavy atom. The molecule has 0 heterocycles. The van der Waals surface area contributed by atoms with Crippen molar-refractivity contribution >= 4 is 5.91 Å². The molecular weight excluding hydrogens is 245 g/mol. The van der Waals surface area contributed by atoms with Gasteiger partial charge in [0, 0.05) is 31.1 Å². The van der Waals surface area contributed by atoms with E-state index in [9.17, 15) is 9.18 Å².